The summed E-state index contributed by atoms with van der Waals surface area (Å²) in [7, 11) is 0. The number of nitrogens with zero attached hydrogens (tertiary/aromatic N) is 4. The Kier molecular flexibility index (Phi) is 6.12. The highest BCUT2D eigenvalue weighted by molar-refractivity contribution is 6.07. The van der Waals surface area contributed by atoms with E-state index in [2.05, 4.69) is 143 Å². The van der Waals surface area contributed by atoms with Gasteiger partial charge in [-0.05, 0) is 58.3 Å². The number of hydrazine groups is 2. The molecule has 0 bridgehead atoms. The first-order valence-corrected chi connectivity index (χ1v) is 16.2. The van der Waals surface area contributed by atoms with Crippen LogP contribution in [0.2, 0.25) is 0 Å². The molecule has 0 radical (unpaired) electrons. The number of rotatable bonds is 4. The van der Waals surface area contributed by atoms with Crippen LogP contribution in [0.15, 0.2) is 146 Å². The second-order valence-electron chi connectivity index (χ2n) is 12.3. The SMILES string of the molecule is C1=C(c2ccc3ccc(-c4ccc5ccc(-c6ccc(-c7ccc8ccc9cccnc9c8n7)c7ccccc67)nc5c4)cc3n2)NNN1. The topological polar surface area (TPSA) is 87.7 Å². The van der Waals surface area contributed by atoms with Crippen molar-refractivity contribution in [2.75, 3.05) is 0 Å². The third kappa shape index (κ3) is 4.64. The highest BCUT2D eigenvalue weighted by atomic mass is 15.6. The largest absolute Gasteiger partial charge is 0.309 e. The van der Waals surface area contributed by atoms with Crippen LogP contribution in [-0.4, -0.2) is 19.9 Å². The molecule has 10 rings (SSSR count). The Hall–Kier alpha value is -6.70. The number of nitrogens with one attached hydrogen (secondary N) is 3. The summed E-state index contributed by atoms with van der Waals surface area (Å²) in [6.07, 6.45) is 3.69. The molecule has 7 heteroatoms. The van der Waals surface area contributed by atoms with Gasteiger partial charge in [-0.15, -0.1) is 0 Å². The summed E-state index contributed by atoms with van der Waals surface area (Å²) in [4.78, 5) is 19.9. The van der Waals surface area contributed by atoms with Gasteiger partial charge in [0.1, 0.15) is 0 Å². The van der Waals surface area contributed by atoms with E-state index in [1.807, 2.05) is 24.5 Å². The molecule has 5 aromatic carbocycles. The smallest absolute Gasteiger partial charge is 0.0972 e. The summed E-state index contributed by atoms with van der Waals surface area (Å²) in [6, 6.07) is 46.7. The molecular formula is C42H27N7. The van der Waals surface area contributed by atoms with E-state index in [1.165, 1.54) is 0 Å². The van der Waals surface area contributed by atoms with E-state index in [0.29, 0.717) is 0 Å². The molecular weight excluding hydrogens is 603 g/mol. The summed E-state index contributed by atoms with van der Waals surface area (Å²) in [5, 5.41) is 6.61. The minimum Gasteiger partial charge on any atom is -0.309 e. The van der Waals surface area contributed by atoms with Gasteiger partial charge in [-0.3, -0.25) is 4.98 Å². The van der Waals surface area contributed by atoms with Crippen LogP contribution in [0.3, 0.4) is 0 Å². The van der Waals surface area contributed by atoms with Crippen molar-refractivity contribution < 1.29 is 0 Å². The van der Waals surface area contributed by atoms with Crippen LogP contribution in [0, 0.1) is 0 Å². The molecule has 5 heterocycles. The van der Waals surface area contributed by atoms with Crippen LogP contribution in [0.5, 0.6) is 0 Å². The predicted molar refractivity (Wildman–Crippen MR) is 199 cm³/mol. The molecule has 0 atom stereocenters. The van der Waals surface area contributed by atoms with Gasteiger partial charge in [-0.25, -0.2) is 15.0 Å². The van der Waals surface area contributed by atoms with Gasteiger partial charge in [-0.1, -0.05) is 97.1 Å². The fraction of sp³-hybridized carbons (Fsp3) is 0. The number of aromatic nitrogens is 4. The molecule has 1 aliphatic heterocycles. The zero-order chi connectivity index (χ0) is 32.3. The number of hydrogen-bond acceptors (Lipinski definition) is 7. The lowest BCUT2D eigenvalue weighted by Gasteiger charge is -2.13. The van der Waals surface area contributed by atoms with Crippen molar-refractivity contribution in [2.45, 2.75) is 0 Å². The number of benzene rings is 5. The van der Waals surface area contributed by atoms with Gasteiger partial charge in [0.25, 0.3) is 0 Å². The number of fused-ring (bicyclic) bond motifs is 6. The maximum absolute atomic E-state index is 5.22. The average Bonchev–Trinajstić information content (AvgIpc) is 3.72. The van der Waals surface area contributed by atoms with Gasteiger partial charge in [-0.2, -0.15) is 5.53 Å². The van der Waals surface area contributed by atoms with Crippen molar-refractivity contribution in [3.8, 4) is 33.6 Å². The van der Waals surface area contributed by atoms with Crippen molar-refractivity contribution in [3.63, 3.8) is 0 Å². The second kappa shape index (κ2) is 10.9. The van der Waals surface area contributed by atoms with Crippen LogP contribution < -0.4 is 16.4 Å². The standard InChI is InChI=1S/C42H27N7/c1-2-6-32-31(5-1)33(16-17-34(32)36-19-15-28-10-9-27-4-3-21-43-41(27)42(28)47-36)35-18-13-25-7-11-29(22-38(25)45-35)30-12-8-26-14-20-37(46-39(26)23-30)40-24-44-49-48-40/h1-24,44,48-49H. The molecule has 1 aliphatic rings. The summed E-state index contributed by atoms with van der Waals surface area (Å²) < 4.78 is 0. The molecule has 0 unspecified atom stereocenters. The van der Waals surface area contributed by atoms with Gasteiger partial charge in [0.2, 0.25) is 0 Å². The Morgan fingerprint density at radius 2 is 1.02 bits per heavy atom. The van der Waals surface area contributed by atoms with E-state index in [9.17, 15) is 0 Å². The van der Waals surface area contributed by atoms with Gasteiger partial charge in [0, 0.05) is 45.1 Å². The first-order chi connectivity index (χ1) is 24.2. The van der Waals surface area contributed by atoms with E-state index in [-0.39, 0.29) is 0 Å². The molecule has 49 heavy (non-hydrogen) atoms. The third-order valence-electron chi connectivity index (χ3n) is 9.39. The fourth-order valence-corrected chi connectivity index (χ4v) is 6.90. The van der Waals surface area contributed by atoms with Gasteiger partial charge >= 0.3 is 0 Å². The molecule has 230 valence electrons. The van der Waals surface area contributed by atoms with Gasteiger partial charge < -0.3 is 10.9 Å². The predicted octanol–water partition coefficient (Wildman–Crippen LogP) is 8.94. The maximum atomic E-state index is 5.22. The minimum absolute atomic E-state index is 0.868. The third-order valence-corrected chi connectivity index (χ3v) is 9.39. The fourth-order valence-electron chi connectivity index (χ4n) is 6.90. The molecule has 7 nitrogen and oxygen atoms in total. The lowest BCUT2D eigenvalue weighted by molar-refractivity contribution is 0.620. The van der Waals surface area contributed by atoms with Gasteiger partial charge in [0.05, 0.1) is 44.8 Å². The quantitative estimate of drug-likeness (QED) is 0.168. The Labute approximate surface area is 281 Å². The van der Waals surface area contributed by atoms with Crippen LogP contribution in [0.4, 0.5) is 0 Å². The Bertz CT molecular complexity index is 2820. The number of pyridine rings is 4. The minimum atomic E-state index is 0.868. The maximum Gasteiger partial charge on any atom is 0.0972 e. The molecule has 9 aromatic rings. The van der Waals surface area contributed by atoms with Crippen LogP contribution in [0.1, 0.15) is 5.69 Å². The monoisotopic (exact) mass is 629 g/mol. The highest BCUT2D eigenvalue weighted by Gasteiger charge is 2.14. The lowest BCUT2D eigenvalue weighted by atomic mass is 9.95. The summed E-state index contributed by atoms with van der Waals surface area (Å²) >= 11 is 0. The molecule has 0 fully saturated rings. The normalized spacial score (nSPS) is 12.9. The van der Waals surface area contributed by atoms with Crippen molar-refractivity contribution in [3.05, 3.63) is 152 Å². The molecule has 0 spiro atoms. The van der Waals surface area contributed by atoms with Crippen molar-refractivity contribution in [1.29, 1.82) is 0 Å². The van der Waals surface area contributed by atoms with Gasteiger partial charge in [0.15, 0.2) is 0 Å². The van der Waals surface area contributed by atoms with E-state index in [1.54, 1.807) is 0 Å². The van der Waals surface area contributed by atoms with E-state index < -0.39 is 0 Å². The summed E-state index contributed by atoms with van der Waals surface area (Å²) in [5.41, 5.74) is 20.6. The van der Waals surface area contributed by atoms with Crippen LogP contribution in [0.25, 0.3) is 93.7 Å². The molecule has 0 saturated carbocycles. The van der Waals surface area contributed by atoms with Crippen molar-refractivity contribution in [1.82, 2.24) is 36.3 Å². The molecule has 0 amide bonds. The first kappa shape index (κ1) is 27.4. The summed E-state index contributed by atoms with van der Waals surface area (Å²) in [5.74, 6) is 0. The van der Waals surface area contributed by atoms with Crippen LogP contribution in [-0.2, 0) is 0 Å². The second-order valence-corrected chi connectivity index (χ2v) is 12.3. The zero-order valence-electron chi connectivity index (χ0n) is 26.1. The van der Waals surface area contributed by atoms with Crippen molar-refractivity contribution in [2.24, 2.45) is 0 Å². The zero-order valence-corrected chi connectivity index (χ0v) is 26.1. The Balaban J connectivity index is 1.06. The Morgan fingerprint density at radius 1 is 0.449 bits per heavy atom. The summed E-state index contributed by atoms with van der Waals surface area (Å²) in [6.45, 7) is 0. The van der Waals surface area contributed by atoms with Crippen LogP contribution >= 0.6 is 0 Å². The molecule has 3 N–H and O–H groups in total. The number of hydrogen-bond donors (Lipinski definition) is 3. The van der Waals surface area contributed by atoms with Crippen molar-refractivity contribution >= 4 is 60.1 Å². The van der Waals surface area contributed by atoms with E-state index >= 15 is 0 Å². The molecule has 0 aliphatic carbocycles. The first-order valence-electron chi connectivity index (χ1n) is 16.2. The molecule has 0 saturated heterocycles. The molecule has 4 aromatic heterocycles. The highest BCUT2D eigenvalue weighted by Crippen LogP contribution is 2.37. The lowest BCUT2D eigenvalue weighted by Crippen LogP contribution is -2.31. The van der Waals surface area contributed by atoms with E-state index in [0.717, 1.165) is 99.4 Å². The average molecular weight is 630 g/mol. The van der Waals surface area contributed by atoms with E-state index in [4.69, 9.17) is 15.0 Å². The Morgan fingerprint density at radius 3 is 1.69 bits per heavy atom.